The van der Waals surface area contributed by atoms with Gasteiger partial charge in [-0.15, -0.1) is 0 Å². The van der Waals surface area contributed by atoms with E-state index in [1.165, 1.54) is 82.8 Å². The van der Waals surface area contributed by atoms with Gasteiger partial charge in [0.2, 0.25) is 0 Å². The second kappa shape index (κ2) is 15.1. The van der Waals surface area contributed by atoms with Crippen molar-refractivity contribution < 1.29 is 0 Å². The van der Waals surface area contributed by atoms with Gasteiger partial charge in [0.15, 0.2) is 0 Å². The van der Waals surface area contributed by atoms with Crippen molar-refractivity contribution >= 4 is 49.6 Å². The molecule has 0 aliphatic rings. The van der Waals surface area contributed by atoms with Crippen molar-refractivity contribution in [3.05, 3.63) is 243 Å². The van der Waals surface area contributed by atoms with Crippen LogP contribution in [0.4, 0.5) is 17.1 Å². The van der Waals surface area contributed by atoms with Crippen LogP contribution in [-0.4, -0.2) is 4.57 Å². The van der Waals surface area contributed by atoms with Gasteiger partial charge >= 0.3 is 0 Å². The van der Waals surface area contributed by atoms with Gasteiger partial charge in [-0.25, -0.2) is 0 Å². The lowest BCUT2D eigenvalue weighted by atomic mass is 9.96. The van der Waals surface area contributed by atoms with Gasteiger partial charge < -0.3 is 9.47 Å². The number of hydrogen-bond donors (Lipinski definition) is 0. The molecule has 0 radical (unpaired) electrons. The van der Waals surface area contributed by atoms with Gasteiger partial charge in [0.1, 0.15) is 0 Å². The molecule has 0 N–H and O–H groups in total. The van der Waals surface area contributed by atoms with E-state index >= 15 is 0 Å². The molecule has 0 amide bonds. The Bertz CT molecular complexity index is 3260. The average Bonchev–Trinajstić information content (AvgIpc) is 3.67. The van der Waals surface area contributed by atoms with Crippen LogP contribution in [0, 0.1) is 0 Å². The van der Waals surface area contributed by atoms with Crippen molar-refractivity contribution in [1.82, 2.24) is 4.57 Å². The highest BCUT2D eigenvalue weighted by molar-refractivity contribution is 6.10. The number of anilines is 3. The maximum Gasteiger partial charge on any atom is 0.0541 e. The summed E-state index contributed by atoms with van der Waals surface area (Å²) in [5, 5.41) is 4.95. The van der Waals surface area contributed by atoms with Gasteiger partial charge in [0, 0.05) is 33.2 Å². The average molecular weight is 765 g/mol. The SMILES string of the molecule is c1ccc(-c2ccc(N(c3ccc(-c4ccc(-c5ccc6c(c5)c5ccccc5n6-c5ccccc5)cc4)cc3)c3ccc(-c4ccccc4)c4ccccc34)cc2)cc1. The van der Waals surface area contributed by atoms with Crippen LogP contribution in [0.1, 0.15) is 0 Å². The Labute approximate surface area is 350 Å². The number of para-hydroxylation sites is 2. The third-order valence-electron chi connectivity index (χ3n) is 11.8. The number of benzene rings is 10. The standard InChI is InChI=1S/C58H40N2/c1-4-14-41(15-5-1)43-28-33-49(34-29-43)59(57-39-37-51(46-16-6-2-7-17-46)52-20-10-11-21-53(52)57)50-35-30-44(31-36-50)42-24-26-45(27-25-42)47-32-38-58-55(40-47)54-22-12-13-23-56(54)60(58)48-18-8-3-9-19-48/h1-40H. The summed E-state index contributed by atoms with van der Waals surface area (Å²) < 4.78 is 2.37. The molecule has 2 nitrogen and oxygen atoms in total. The molecule has 0 atom stereocenters. The Hall–Kier alpha value is -7.94. The first kappa shape index (κ1) is 35.2. The first-order valence-electron chi connectivity index (χ1n) is 20.6. The predicted octanol–water partition coefficient (Wildman–Crippen LogP) is 16.1. The third-order valence-corrected chi connectivity index (χ3v) is 11.8. The molecule has 0 saturated heterocycles. The van der Waals surface area contributed by atoms with E-state index < -0.39 is 0 Å². The van der Waals surface area contributed by atoms with E-state index in [0.29, 0.717) is 0 Å². The quantitative estimate of drug-likeness (QED) is 0.150. The summed E-state index contributed by atoms with van der Waals surface area (Å²) in [6.45, 7) is 0. The summed E-state index contributed by atoms with van der Waals surface area (Å²) in [5.74, 6) is 0. The van der Waals surface area contributed by atoms with Crippen LogP contribution < -0.4 is 4.90 Å². The van der Waals surface area contributed by atoms with Crippen molar-refractivity contribution in [2.75, 3.05) is 4.90 Å². The van der Waals surface area contributed by atoms with Crippen LogP contribution >= 0.6 is 0 Å². The molecule has 0 aliphatic carbocycles. The molecule has 11 rings (SSSR count). The van der Waals surface area contributed by atoms with Crippen molar-refractivity contribution in [3.8, 4) is 50.2 Å². The summed E-state index contributed by atoms with van der Waals surface area (Å²) in [6, 6.07) is 87.7. The number of nitrogens with zero attached hydrogens (tertiary/aromatic N) is 2. The lowest BCUT2D eigenvalue weighted by molar-refractivity contribution is 1.18. The molecule has 0 fully saturated rings. The molecule has 0 unspecified atom stereocenters. The van der Waals surface area contributed by atoms with E-state index in [1.54, 1.807) is 0 Å². The van der Waals surface area contributed by atoms with Gasteiger partial charge in [-0.05, 0) is 111 Å². The molecule has 0 spiro atoms. The van der Waals surface area contributed by atoms with Crippen LogP contribution in [0.3, 0.4) is 0 Å². The summed E-state index contributed by atoms with van der Waals surface area (Å²) >= 11 is 0. The highest BCUT2D eigenvalue weighted by Crippen LogP contribution is 2.43. The first-order chi connectivity index (χ1) is 29.8. The molecule has 1 heterocycles. The molecule has 1 aromatic heterocycles. The molecular formula is C58H40N2. The molecule has 282 valence electrons. The zero-order chi connectivity index (χ0) is 39.8. The molecular weight excluding hydrogens is 725 g/mol. The van der Waals surface area contributed by atoms with Crippen LogP contribution in [0.15, 0.2) is 243 Å². The summed E-state index contributed by atoms with van der Waals surface area (Å²) in [5.41, 5.74) is 16.6. The molecule has 0 aliphatic heterocycles. The van der Waals surface area contributed by atoms with E-state index in [1.807, 2.05) is 0 Å². The maximum atomic E-state index is 2.39. The van der Waals surface area contributed by atoms with Gasteiger partial charge in [-0.2, -0.15) is 0 Å². The van der Waals surface area contributed by atoms with Crippen LogP contribution in [0.25, 0.3) is 82.8 Å². The lowest BCUT2D eigenvalue weighted by Gasteiger charge is -2.28. The number of hydrogen-bond acceptors (Lipinski definition) is 1. The van der Waals surface area contributed by atoms with Crippen LogP contribution in [0.5, 0.6) is 0 Å². The first-order valence-corrected chi connectivity index (χ1v) is 20.6. The minimum Gasteiger partial charge on any atom is -0.310 e. The Balaban J connectivity index is 0.950. The van der Waals surface area contributed by atoms with E-state index in [0.717, 1.165) is 17.1 Å². The Kier molecular flexibility index (Phi) is 8.87. The minimum atomic E-state index is 1.10. The second-order valence-corrected chi connectivity index (χ2v) is 15.3. The fourth-order valence-corrected chi connectivity index (χ4v) is 8.87. The van der Waals surface area contributed by atoms with Crippen molar-refractivity contribution in [2.24, 2.45) is 0 Å². The van der Waals surface area contributed by atoms with Crippen LogP contribution in [-0.2, 0) is 0 Å². The van der Waals surface area contributed by atoms with E-state index in [9.17, 15) is 0 Å². The molecule has 11 aromatic rings. The summed E-state index contributed by atoms with van der Waals surface area (Å²) in [4.78, 5) is 2.39. The number of fused-ring (bicyclic) bond motifs is 4. The zero-order valence-electron chi connectivity index (χ0n) is 33.0. The lowest BCUT2D eigenvalue weighted by Crippen LogP contribution is -2.10. The van der Waals surface area contributed by atoms with E-state index in [2.05, 4.69) is 252 Å². The highest BCUT2D eigenvalue weighted by atomic mass is 15.1. The maximum absolute atomic E-state index is 2.39. The normalized spacial score (nSPS) is 11.3. The topological polar surface area (TPSA) is 8.17 Å². The molecule has 2 heteroatoms. The molecule has 0 saturated carbocycles. The molecule has 10 aromatic carbocycles. The minimum absolute atomic E-state index is 1.10. The fraction of sp³-hybridized carbons (Fsp3) is 0. The van der Waals surface area contributed by atoms with Crippen molar-refractivity contribution in [2.45, 2.75) is 0 Å². The summed E-state index contributed by atoms with van der Waals surface area (Å²) in [6.07, 6.45) is 0. The van der Waals surface area contributed by atoms with Crippen LogP contribution in [0.2, 0.25) is 0 Å². The van der Waals surface area contributed by atoms with Gasteiger partial charge in [-0.3, -0.25) is 0 Å². The van der Waals surface area contributed by atoms with Gasteiger partial charge in [0.25, 0.3) is 0 Å². The largest absolute Gasteiger partial charge is 0.310 e. The predicted molar refractivity (Wildman–Crippen MR) is 255 cm³/mol. The van der Waals surface area contributed by atoms with E-state index in [4.69, 9.17) is 0 Å². The van der Waals surface area contributed by atoms with Gasteiger partial charge in [0.05, 0.1) is 16.7 Å². The summed E-state index contributed by atoms with van der Waals surface area (Å²) in [7, 11) is 0. The smallest absolute Gasteiger partial charge is 0.0541 e. The zero-order valence-corrected chi connectivity index (χ0v) is 33.0. The number of rotatable bonds is 8. The Morgan fingerprint density at radius 2 is 0.700 bits per heavy atom. The fourth-order valence-electron chi connectivity index (χ4n) is 8.87. The number of aromatic nitrogens is 1. The van der Waals surface area contributed by atoms with Gasteiger partial charge in [-0.1, -0.05) is 182 Å². The third kappa shape index (κ3) is 6.32. The van der Waals surface area contributed by atoms with Crippen molar-refractivity contribution in [1.29, 1.82) is 0 Å². The Morgan fingerprint density at radius 3 is 1.32 bits per heavy atom. The highest BCUT2D eigenvalue weighted by Gasteiger charge is 2.18. The van der Waals surface area contributed by atoms with Crippen molar-refractivity contribution in [3.63, 3.8) is 0 Å². The molecule has 0 bridgehead atoms. The molecule has 60 heavy (non-hydrogen) atoms. The second-order valence-electron chi connectivity index (χ2n) is 15.3. The Morgan fingerprint density at radius 1 is 0.267 bits per heavy atom. The monoisotopic (exact) mass is 764 g/mol. The van der Waals surface area contributed by atoms with E-state index in [-0.39, 0.29) is 0 Å².